The van der Waals surface area contributed by atoms with Crippen LogP contribution in [0.3, 0.4) is 0 Å². The van der Waals surface area contributed by atoms with Crippen LogP contribution in [0, 0.1) is 11.8 Å². The summed E-state index contributed by atoms with van der Waals surface area (Å²) >= 11 is 0. The van der Waals surface area contributed by atoms with Gasteiger partial charge in [0.2, 0.25) is 0 Å². The molecule has 0 aromatic heterocycles. The maximum atomic E-state index is 13.0. The molecular weight excluding hydrogens is 1150 g/mol. The number of aliphatic hydroxyl groups excluding tert-OH is 1. The third-order valence-electron chi connectivity index (χ3n) is 15.7. The molecule has 0 aliphatic rings. The van der Waals surface area contributed by atoms with Crippen LogP contribution in [0.5, 0.6) is 0 Å². The first-order chi connectivity index (χ1) is 41.9. The Bertz CT molecular complexity index is 1700. The second-order valence-electron chi connectivity index (χ2n) is 25.5. The molecule has 19 heteroatoms. The topological polar surface area (TPSA) is 237 Å². The van der Waals surface area contributed by atoms with Crippen molar-refractivity contribution in [3.8, 4) is 0 Å². The van der Waals surface area contributed by atoms with Gasteiger partial charge in [0, 0.05) is 25.7 Å². The van der Waals surface area contributed by atoms with E-state index in [2.05, 4.69) is 41.5 Å². The van der Waals surface area contributed by atoms with Crippen molar-refractivity contribution in [3.63, 3.8) is 0 Å². The van der Waals surface area contributed by atoms with Crippen LogP contribution < -0.4 is 0 Å². The Morgan fingerprint density at radius 3 is 0.782 bits per heavy atom. The predicted molar refractivity (Wildman–Crippen MR) is 349 cm³/mol. The van der Waals surface area contributed by atoms with E-state index in [4.69, 9.17) is 37.0 Å². The fraction of sp³-hybridized carbons (Fsp3) is 0.941. The number of ether oxygens (including phenoxy) is 4. The van der Waals surface area contributed by atoms with Crippen LogP contribution in [0.15, 0.2) is 0 Å². The molecule has 0 radical (unpaired) electrons. The van der Waals surface area contributed by atoms with Gasteiger partial charge in [-0.15, -0.1) is 0 Å². The Hall–Kier alpha value is -1.94. The van der Waals surface area contributed by atoms with Crippen LogP contribution in [-0.4, -0.2) is 96.7 Å². The van der Waals surface area contributed by atoms with E-state index >= 15 is 0 Å². The minimum absolute atomic E-state index is 0.106. The van der Waals surface area contributed by atoms with Crippen LogP contribution in [0.2, 0.25) is 0 Å². The molecule has 0 bridgehead atoms. The van der Waals surface area contributed by atoms with Crippen molar-refractivity contribution >= 4 is 39.5 Å². The molecule has 2 unspecified atom stereocenters. The first-order valence-electron chi connectivity index (χ1n) is 35.5. The number of unbranched alkanes of at least 4 members (excludes halogenated alkanes) is 37. The average Bonchev–Trinajstić information content (AvgIpc) is 3.69. The highest BCUT2D eigenvalue weighted by Gasteiger charge is 2.30. The van der Waals surface area contributed by atoms with E-state index in [0.717, 1.165) is 102 Å². The van der Waals surface area contributed by atoms with E-state index in [1.807, 2.05) is 0 Å². The Kier molecular flexibility index (Phi) is 59.0. The van der Waals surface area contributed by atoms with Crippen molar-refractivity contribution in [1.29, 1.82) is 0 Å². The molecule has 0 saturated carbocycles. The lowest BCUT2D eigenvalue weighted by atomic mass is 10.0. The zero-order valence-electron chi connectivity index (χ0n) is 56.3. The van der Waals surface area contributed by atoms with E-state index < -0.39 is 97.5 Å². The molecule has 3 N–H and O–H groups in total. The minimum Gasteiger partial charge on any atom is -0.462 e. The quantitative estimate of drug-likeness (QED) is 0.0222. The maximum Gasteiger partial charge on any atom is 0.472 e. The zero-order chi connectivity index (χ0) is 64.3. The molecule has 0 fully saturated rings. The average molecular weight is 1280 g/mol. The minimum atomic E-state index is -4.95. The highest BCUT2D eigenvalue weighted by Crippen LogP contribution is 2.45. The molecule has 0 spiro atoms. The largest absolute Gasteiger partial charge is 0.472 e. The second kappa shape index (κ2) is 60.3. The molecule has 87 heavy (non-hydrogen) atoms. The summed E-state index contributed by atoms with van der Waals surface area (Å²) in [6.45, 7) is 9.48. The van der Waals surface area contributed by atoms with Gasteiger partial charge in [0.15, 0.2) is 12.2 Å². The van der Waals surface area contributed by atoms with Crippen LogP contribution >= 0.6 is 15.6 Å². The molecule has 0 aliphatic heterocycles. The third-order valence-corrected chi connectivity index (χ3v) is 17.6. The zero-order valence-corrected chi connectivity index (χ0v) is 58.1. The molecule has 0 rings (SSSR count). The predicted octanol–water partition coefficient (Wildman–Crippen LogP) is 19.2. The lowest BCUT2D eigenvalue weighted by Crippen LogP contribution is -2.30. The number of esters is 4. The van der Waals surface area contributed by atoms with Gasteiger partial charge >= 0.3 is 39.5 Å². The van der Waals surface area contributed by atoms with Crippen LogP contribution in [0.25, 0.3) is 0 Å². The molecule has 17 nitrogen and oxygen atoms in total. The van der Waals surface area contributed by atoms with Crippen molar-refractivity contribution in [2.24, 2.45) is 11.8 Å². The van der Waals surface area contributed by atoms with Crippen LogP contribution in [-0.2, 0) is 65.4 Å². The third kappa shape index (κ3) is 62.6. The van der Waals surface area contributed by atoms with E-state index in [0.29, 0.717) is 31.6 Å². The molecule has 516 valence electrons. The van der Waals surface area contributed by atoms with Crippen LogP contribution in [0.1, 0.15) is 343 Å². The highest BCUT2D eigenvalue weighted by atomic mass is 31.2. The lowest BCUT2D eigenvalue weighted by Gasteiger charge is -2.21. The number of phosphoric acid groups is 2. The Labute approximate surface area is 530 Å². The summed E-state index contributed by atoms with van der Waals surface area (Å²) in [4.78, 5) is 72.3. The second-order valence-corrected chi connectivity index (χ2v) is 28.4. The number of carbonyl (C=O) groups excluding carboxylic acids is 4. The van der Waals surface area contributed by atoms with Gasteiger partial charge in [-0.25, -0.2) is 9.13 Å². The standard InChI is InChI=1S/C68H132O17P2/c1-7-9-11-13-15-17-27-33-40-46-52-67(72)84-63(56-78-65(70)50-44-38-32-25-16-14-12-10-8-2)58-82-86(74,75)80-54-62(69)55-81-87(76,77)83-59-64(57-79-66(71)51-45-39-35-29-31-37-43-49-61(5)6)85-68(73)53-47-41-34-28-24-22-20-18-19-21-23-26-30-36-42-48-60(3)4/h60-64,69H,7-59H2,1-6H3,(H,74,75)(H,76,77)/t62-,63+,64+/m0/s1. The number of aliphatic hydroxyl groups is 1. The van der Waals surface area contributed by atoms with Gasteiger partial charge in [0.25, 0.3) is 0 Å². The molecular formula is C68H132O17P2. The smallest absolute Gasteiger partial charge is 0.462 e. The Morgan fingerprint density at radius 1 is 0.310 bits per heavy atom. The van der Waals surface area contributed by atoms with E-state index in [1.165, 1.54) is 154 Å². The summed E-state index contributed by atoms with van der Waals surface area (Å²) in [5.41, 5.74) is 0. The highest BCUT2D eigenvalue weighted by molar-refractivity contribution is 7.47. The van der Waals surface area contributed by atoms with Gasteiger partial charge < -0.3 is 33.8 Å². The number of carbonyl (C=O) groups is 4. The fourth-order valence-corrected chi connectivity index (χ4v) is 11.8. The van der Waals surface area contributed by atoms with Gasteiger partial charge in [-0.1, -0.05) is 292 Å². The van der Waals surface area contributed by atoms with Crippen molar-refractivity contribution < 1.29 is 80.2 Å². The van der Waals surface area contributed by atoms with Crippen LogP contribution in [0.4, 0.5) is 0 Å². The van der Waals surface area contributed by atoms with E-state index in [-0.39, 0.29) is 25.7 Å². The molecule has 5 atom stereocenters. The molecule has 0 aromatic rings. The van der Waals surface area contributed by atoms with Gasteiger partial charge in [-0.05, 0) is 37.5 Å². The van der Waals surface area contributed by atoms with Gasteiger partial charge in [0.1, 0.15) is 19.3 Å². The summed E-state index contributed by atoms with van der Waals surface area (Å²) < 4.78 is 68.1. The number of hydrogen-bond donors (Lipinski definition) is 3. The maximum absolute atomic E-state index is 13.0. The first kappa shape index (κ1) is 85.1. The monoisotopic (exact) mass is 1280 g/mol. The molecule has 0 amide bonds. The van der Waals surface area contributed by atoms with Crippen molar-refractivity contribution in [1.82, 2.24) is 0 Å². The van der Waals surface area contributed by atoms with Gasteiger partial charge in [0.05, 0.1) is 26.4 Å². The summed E-state index contributed by atoms with van der Waals surface area (Å²) in [7, 11) is -9.89. The van der Waals surface area contributed by atoms with Crippen molar-refractivity contribution in [3.05, 3.63) is 0 Å². The summed E-state index contributed by atoms with van der Waals surface area (Å²) in [5.74, 6) is -0.622. The van der Waals surface area contributed by atoms with E-state index in [1.54, 1.807) is 0 Å². The Balaban J connectivity index is 5.19. The normalized spacial score (nSPS) is 14.2. The molecule has 0 aromatic carbocycles. The number of phosphoric ester groups is 2. The number of hydrogen-bond acceptors (Lipinski definition) is 15. The lowest BCUT2D eigenvalue weighted by molar-refractivity contribution is -0.161. The summed E-state index contributed by atoms with van der Waals surface area (Å²) in [6.07, 6.45) is 44.5. The number of rotatable bonds is 67. The first-order valence-corrected chi connectivity index (χ1v) is 38.5. The summed E-state index contributed by atoms with van der Waals surface area (Å²) in [5, 5.41) is 10.6. The summed E-state index contributed by atoms with van der Waals surface area (Å²) in [6, 6.07) is 0. The van der Waals surface area contributed by atoms with Crippen molar-refractivity contribution in [2.45, 2.75) is 362 Å². The molecule has 0 aliphatic carbocycles. The Morgan fingerprint density at radius 2 is 0.529 bits per heavy atom. The van der Waals surface area contributed by atoms with E-state index in [9.17, 15) is 43.2 Å². The SMILES string of the molecule is CCCCCCCCCCCCC(=O)O[C@H](COC(=O)CCCCCCCCCCC)COP(=O)(O)OC[C@H](O)COP(=O)(O)OC[C@@H](COC(=O)CCCCCCCCCC(C)C)OC(=O)CCCCCCCCCCCCCCCCCC(C)C. The van der Waals surface area contributed by atoms with Gasteiger partial charge in [-0.2, -0.15) is 0 Å². The molecule has 0 heterocycles. The fourth-order valence-electron chi connectivity index (χ4n) is 10.2. The van der Waals surface area contributed by atoms with Gasteiger partial charge in [-0.3, -0.25) is 37.3 Å². The van der Waals surface area contributed by atoms with Crippen molar-refractivity contribution in [2.75, 3.05) is 39.6 Å². The molecule has 0 saturated heterocycles.